The highest BCUT2D eigenvalue weighted by atomic mass is 16.3. The summed E-state index contributed by atoms with van der Waals surface area (Å²) in [4.78, 5) is 12.6. The maximum absolute atomic E-state index is 12.6. The fourth-order valence-corrected chi connectivity index (χ4v) is 11.3. The smallest absolute Gasteiger partial charge is 0.220 e. The third-order valence-electron chi connectivity index (χ3n) is 16.6. The molecule has 0 spiro atoms. The van der Waals surface area contributed by atoms with Gasteiger partial charge in [-0.1, -0.05) is 366 Å². The number of unbranched alkanes of at least 4 members (excludes halogenated alkanes) is 55. The molecule has 0 rings (SSSR count). The standard InChI is InChI=1S/C69H137NO4/c1-3-5-7-9-11-13-15-17-19-21-23-25-27-28-29-30-31-32-33-34-35-36-37-38-39-40-42-44-46-48-50-52-54-56-58-60-62-64-68(73)70-66(65-71)69(74)67(72)63-61-59-57-55-53-51-49-47-45-43-41-26-24-22-20-18-16-14-12-10-8-6-4-2/h32-33,66-67,69,71-72,74H,3-31,34-65H2,1-2H3,(H,70,73)/b33-32-. The highest BCUT2D eigenvalue weighted by molar-refractivity contribution is 5.76. The monoisotopic (exact) mass is 1040 g/mol. The SMILES string of the molecule is CCCCCCCCCCCCCCCCCC/C=C\CCCCCCCCCCCCCCCCCCCC(=O)NC(CO)C(O)C(O)CCCCCCCCCCCCCCCCCCCCCCCCC. The van der Waals surface area contributed by atoms with Gasteiger partial charge in [-0.15, -0.1) is 0 Å². The minimum atomic E-state index is -1.13. The highest BCUT2D eigenvalue weighted by Gasteiger charge is 2.26. The van der Waals surface area contributed by atoms with Crippen molar-refractivity contribution in [1.82, 2.24) is 5.32 Å². The Labute approximate surface area is 465 Å². The molecule has 3 atom stereocenters. The van der Waals surface area contributed by atoms with Crippen molar-refractivity contribution >= 4 is 5.91 Å². The van der Waals surface area contributed by atoms with E-state index >= 15 is 0 Å². The van der Waals surface area contributed by atoms with Crippen molar-refractivity contribution in [1.29, 1.82) is 0 Å². The lowest BCUT2D eigenvalue weighted by atomic mass is 9.99. The van der Waals surface area contributed by atoms with E-state index in [1.54, 1.807) is 0 Å². The van der Waals surface area contributed by atoms with Crippen molar-refractivity contribution in [3.8, 4) is 0 Å². The Balaban J connectivity index is 3.44. The Bertz CT molecular complexity index is 1060. The van der Waals surface area contributed by atoms with Crippen molar-refractivity contribution in [2.24, 2.45) is 0 Å². The average Bonchev–Trinajstić information content (AvgIpc) is 3.41. The van der Waals surface area contributed by atoms with Crippen LogP contribution in [0.3, 0.4) is 0 Å². The molecule has 0 aromatic carbocycles. The average molecular weight is 1040 g/mol. The second-order valence-electron chi connectivity index (χ2n) is 24.1. The maximum Gasteiger partial charge on any atom is 0.220 e. The molecule has 0 saturated carbocycles. The van der Waals surface area contributed by atoms with E-state index in [1.165, 1.54) is 340 Å². The number of allylic oxidation sites excluding steroid dienone is 2. The summed E-state index contributed by atoms with van der Waals surface area (Å²) in [5.41, 5.74) is 0. The minimum Gasteiger partial charge on any atom is -0.394 e. The van der Waals surface area contributed by atoms with Crippen molar-refractivity contribution in [3.63, 3.8) is 0 Å². The second-order valence-corrected chi connectivity index (χ2v) is 24.1. The predicted molar refractivity (Wildman–Crippen MR) is 329 cm³/mol. The van der Waals surface area contributed by atoms with Crippen molar-refractivity contribution < 1.29 is 20.1 Å². The minimum absolute atomic E-state index is 0.135. The first kappa shape index (κ1) is 73.1. The third-order valence-corrected chi connectivity index (χ3v) is 16.6. The molecule has 0 heterocycles. The molecule has 442 valence electrons. The van der Waals surface area contributed by atoms with Crippen LogP contribution in [0.15, 0.2) is 12.2 Å². The Morgan fingerprint density at radius 3 is 0.784 bits per heavy atom. The Hall–Kier alpha value is -0.910. The topological polar surface area (TPSA) is 89.8 Å². The van der Waals surface area contributed by atoms with Gasteiger partial charge in [0.25, 0.3) is 0 Å². The second kappa shape index (κ2) is 64.6. The molecule has 5 nitrogen and oxygen atoms in total. The molecule has 4 N–H and O–H groups in total. The van der Waals surface area contributed by atoms with Gasteiger partial charge in [0.05, 0.1) is 18.8 Å². The van der Waals surface area contributed by atoms with Crippen LogP contribution >= 0.6 is 0 Å². The van der Waals surface area contributed by atoms with Crippen molar-refractivity contribution in [2.75, 3.05) is 6.61 Å². The quantitative estimate of drug-likeness (QED) is 0.0361. The van der Waals surface area contributed by atoms with Gasteiger partial charge in [-0.3, -0.25) is 4.79 Å². The van der Waals surface area contributed by atoms with E-state index in [9.17, 15) is 20.1 Å². The zero-order chi connectivity index (χ0) is 53.6. The van der Waals surface area contributed by atoms with Gasteiger partial charge in [-0.25, -0.2) is 0 Å². The van der Waals surface area contributed by atoms with E-state index in [0.29, 0.717) is 12.8 Å². The van der Waals surface area contributed by atoms with Crippen LogP contribution in [-0.2, 0) is 4.79 Å². The number of amides is 1. The molecule has 0 aliphatic carbocycles. The lowest BCUT2D eigenvalue weighted by molar-refractivity contribution is -0.124. The zero-order valence-electron chi connectivity index (χ0n) is 50.8. The Kier molecular flexibility index (Phi) is 63.8. The summed E-state index contributed by atoms with van der Waals surface area (Å²) < 4.78 is 0. The van der Waals surface area contributed by atoms with Crippen LogP contribution in [0.2, 0.25) is 0 Å². The first-order valence-electron chi connectivity index (χ1n) is 34.5. The summed E-state index contributed by atoms with van der Waals surface area (Å²) in [5.74, 6) is -0.135. The molecule has 0 saturated heterocycles. The molecule has 0 aromatic heterocycles. The number of carbonyl (C=O) groups excluding carboxylic acids is 1. The summed E-state index contributed by atoms with van der Waals surface area (Å²) >= 11 is 0. The first-order valence-corrected chi connectivity index (χ1v) is 34.5. The van der Waals surface area contributed by atoms with Crippen molar-refractivity contribution in [2.45, 2.75) is 417 Å². The van der Waals surface area contributed by atoms with E-state index in [-0.39, 0.29) is 12.5 Å². The summed E-state index contributed by atoms with van der Waals surface area (Å²) in [6, 6.07) is -0.807. The molecule has 0 aromatic rings. The van der Waals surface area contributed by atoms with Gasteiger partial charge in [0.2, 0.25) is 5.91 Å². The number of carbonyl (C=O) groups is 1. The summed E-state index contributed by atoms with van der Waals surface area (Å²) in [6.07, 6.45) is 82.9. The van der Waals surface area contributed by atoms with Crippen LogP contribution in [0, 0.1) is 0 Å². The molecule has 0 radical (unpaired) electrons. The van der Waals surface area contributed by atoms with E-state index < -0.39 is 18.2 Å². The van der Waals surface area contributed by atoms with Gasteiger partial charge in [-0.2, -0.15) is 0 Å². The van der Waals surface area contributed by atoms with Crippen LogP contribution in [0.1, 0.15) is 399 Å². The number of aliphatic hydroxyl groups is 3. The molecule has 0 aliphatic heterocycles. The summed E-state index contributed by atoms with van der Waals surface area (Å²) in [5, 5.41) is 33.9. The van der Waals surface area contributed by atoms with Gasteiger partial charge in [0, 0.05) is 6.42 Å². The molecule has 0 bridgehead atoms. The van der Waals surface area contributed by atoms with Gasteiger partial charge >= 0.3 is 0 Å². The fourth-order valence-electron chi connectivity index (χ4n) is 11.3. The maximum atomic E-state index is 12.6. The number of hydrogen-bond acceptors (Lipinski definition) is 4. The van der Waals surface area contributed by atoms with Crippen LogP contribution < -0.4 is 5.32 Å². The number of hydrogen-bond donors (Lipinski definition) is 4. The van der Waals surface area contributed by atoms with Crippen LogP contribution in [-0.4, -0.2) is 46.1 Å². The first-order chi connectivity index (χ1) is 36.6. The Morgan fingerprint density at radius 1 is 0.324 bits per heavy atom. The van der Waals surface area contributed by atoms with Crippen LogP contribution in [0.25, 0.3) is 0 Å². The van der Waals surface area contributed by atoms with Gasteiger partial charge < -0.3 is 20.6 Å². The lowest BCUT2D eigenvalue weighted by Gasteiger charge is -2.26. The molecule has 1 amide bonds. The normalized spacial score (nSPS) is 13.1. The van der Waals surface area contributed by atoms with Crippen LogP contribution in [0.4, 0.5) is 0 Å². The molecule has 3 unspecified atom stereocenters. The summed E-state index contributed by atoms with van der Waals surface area (Å²) in [7, 11) is 0. The molecule has 74 heavy (non-hydrogen) atoms. The molecular weight excluding hydrogens is 907 g/mol. The third kappa shape index (κ3) is 58.8. The summed E-state index contributed by atoms with van der Waals surface area (Å²) in [6.45, 7) is 4.24. The number of rotatable bonds is 65. The number of nitrogens with one attached hydrogen (secondary N) is 1. The van der Waals surface area contributed by atoms with Gasteiger partial charge in [-0.05, 0) is 38.5 Å². The predicted octanol–water partition coefficient (Wildman–Crippen LogP) is 22.2. The van der Waals surface area contributed by atoms with E-state index in [1.807, 2.05) is 0 Å². The lowest BCUT2D eigenvalue weighted by Crippen LogP contribution is -2.50. The largest absolute Gasteiger partial charge is 0.394 e. The van der Waals surface area contributed by atoms with E-state index in [2.05, 4.69) is 31.3 Å². The molecule has 0 fully saturated rings. The molecular formula is C69H137NO4. The highest BCUT2D eigenvalue weighted by Crippen LogP contribution is 2.20. The number of aliphatic hydroxyl groups excluding tert-OH is 3. The van der Waals surface area contributed by atoms with E-state index in [0.717, 1.165) is 32.1 Å². The molecule has 5 heteroatoms. The van der Waals surface area contributed by atoms with Gasteiger partial charge in [0.15, 0.2) is 0 Å². The fraction of sp³-hybridized carbons (Fsp3) is 0.957. The van der Waals surface area contributed by atoms with Crippen LogP contribution in [0.5, 0.6) is 0 Å². The van der Waals surface area contributed by atoms with E-state index in [4.69, 9.17) is 0 Å². The zero-order valence-corrected chi connectivity index (χ0v) is 50.8. The Morgan fingerprint density at radius 2 is 0.541 bits per heavy atom. The van der Waals surface area contributed by atoms with Crippen molar-refractivity contribution in [3.05, 3.63) is 12.2 Å². The molecule has 0 aliphatic rings. The van der Waals surface area contributed by atoms with Gasteiger partial charge in [0.1, 0.15) is 6.10 Å².